The molecule has 0 saturated heterocycles. The van der Waals surface area contributed by atoms with Gasteiger partial charge in [0, 0.05) is 12.3 Å². The van der Waals surface area contributed by atoms with E-state index >= 15 is 0 Å². The fourth-order valence-corrected chi connectivity index (χ4v) is 2.05. The van der Waals surface area contributed by atoms with Gasteiger partial charge in [-0.3, -0.25) is 4.79 Å². The van der Waals surface area contributed by atoms with Gasteiger partial charge in [0.15, 0.2) is 5.82 Å². The third-order valence-corrected chi connectivity index (χ3v) is 3.21. The van der Waals surface area contributed by atoms with Crippen LogP contribution in [0, 0.1) is 5.41 Å². The summed E-state index contributed by atoms with van der Waals surface area (Å²) >= 11 is 0. The molecule has 0 aromatic carbocycles. The Balaban J connectivity index is 1.98. The molecule has 0 atom stereocenters. The van der Waals surface area contributed by atoms with E-state index < -0.39 is 5.97 Å². The van der Waals surface area contributed by atoms with Crippen molar-refractivity contribution in [2.45, 2.75) is 51.9 Å². The molecule has 0 radical (unpaired) electrons. The molecular formula is C12H18N2O3. The lowest BCUT2D eigenvalue weighted by molar-refractivity contribution is -0.139. The van der Waals surface area contributed by atoms with Crippen LogP contribution in [-0.2, 0) is 11.2 Å². The maximum atomic E-state index is 10.7. The van der Waals surface area contributed by atoms with E-state index in [0.29, 0.717) is 18.2 Å². The molecule has 1 fully saturated rings. The molecule has 1 aliphatic rings. The fourth-order valence-electron chi connectivity index (χ4n) is 2.05. The standard InChI is InChI=1S/C12H18N2O3/c1-12(2,7-10(15)16)6-9-13-11(14-17-9)8-4-3-5-8/h8H,3-7H2,1-2H3,(H,15,16). The SMILES string of the molecule is CC(C)(CC(=O)O)Cc1nc(C2CCC2)no1. The van der Waals surface area contributed by atoms with Crippen molar-refractivity contribution < 1.29 is 14.4 Å². The van der Waals surface area contributed by atoms with E-state index in [2.05, 4.69) is 10.1 Å². The maximum absolute atomic E-state index is 10.7. The maximum Gasteiger partial charge on any atom is 0.303 e. The zero-order valence-electron chi connectivity index (χ0n) is 10.3. The second kappa shape index (κ2) is 4.47. The van der Waals surface area contributed by atoms with Crippen LogP contribution in [0.1, 0.15) is 57.2 Å². The lowest BCUT2D eigenvalue weighted by Crippen LogP contribution is -2.20. The molecule has 94 valence electrons. The molecule has 0 amide bonds. The zero-order chi connectivity index (χ0) is 12.5. The van der Waals surface area contributed by atoms with Crippen molar-refractivity contribution in [1.82, 2.24) is 10.1 Å². The van der Waals surface area contributed by atoms with E-state index in [1.165, 1.54) is 6.42 Å². The van der Waals surface area contributed by atoms with Crippen molar-refractivity contribution in [3.63, 3.8) is 0 Å². The second-order valence-electron chi connectivity index (χ2n) is 5.59. The van der Waals surface area contributed by atoms with Gasteiger partial charge in [0.25, 0.3) is 0 Å². The third kappa shape index (κ3) is 3.05. The lowest BCUT2D eigenvalue weighted by atomic mass is 9.84. The van der Waals surface area contributed by atoms with Crippen LogP contribution in [-0.4, -0.2) is 21.2 Å². The summed E-state index contributed by atoms with van der Waals surface area (Å²) in [5, 5.41) is 12.8. The van der Waals surface area contributed by atoms with E-state index in [4.69, 9.17) is 9.63 Å². The minimum absolute atomic E-state index is 0.105. The molecule has 5 heteroatoms. The first kappa shape index (κ1) is 12.1. The van der Waals surface area contributed by atoms with Crippen LogP contribution in [0.3, 0.4) is 0 Å². The van der Waals surface area contributed by atoms with Gasteiger partial charge < -0.3 is 9.63 Å². The monoisotopic (exact) mass is 238 g/mol. The number of carbonyl (C=O) groups is 1. The van der Waals surface area contributed by atoms with Gasteiger partial charge in [-0.1, -0.05) is 25.4 Å². The van der Waals surface area contributed by atoms with Crippen molar-refractivity contribution in [1.29, 1.82) is 0 Å². The third-order valence-electron chi connectivity index (χ3n) is 3.21. The number of carboxylic acids is 1. The van der Waals surface area contributed by atoms with E-state index in [1.54, 1.807) is 0 Å². The Kier molecular flexibility index (Phi) is 3.17. The molecule has 17 heavy (non-hydrogen) atoms. The van der Waals surface area contributed by atoms with Crippen molar-refractivity contribution in [2.75, 3.05) is 0 Å². The van der Waals surface area contributed by atoms with Crippen molar-refractivity contribution in [3.05, 3.63) is 11.7 Å². The predicted molar refractivity (Wildman–Crippen MR) is 60.6 cm³/mol. The summed E-state index contributed by atoms with van der Waals surface area (Å²) in [4.78, 5) is 15.1. The smallest absolute Gasteiger partial charge is 0.303 e. The minimum atomic E-state index is -0.797. The Bertz CT molecular complexity index is 408. The zero-order valence-corrected chi connectivity index (χ0v) is 10.3. The molecule has 2 rings (SSSR count). The van der Waals surface area contributed by atoms with Gasteiger partial charge in [0.1, 0.15) is 0 Å². The van der Waals surface area contributed by atoms with Gasteiger partial charge in [-0.25, -0.2) is 0 Å². The number of nitrogens with zero attached hydrogens (tertiary/aromatic N) is 2. The Morgan fingerprint density at radius 2 is 2.24 bits per heavy atom. The number of aliphatic carboxylic acids is 1. The highest BCUT2D eigenvalue weighted by Crippen LogP contribution is 2.35. The van der Waals surface area contributed by atoms with Gasteiger partial charge >= 0.3 is 5.97 Å². The molecule has 1 aromatic rings. The topological polar surface area (TPSA) is 76.2 Å². The first-order valence-electron chi connectivity index (χ1n) is 6.00. The molecule has 1 aromatic heterocycles. The summed E-state index contributed by atoms with van der Waals surface area (Å²) in [6.45, 7) is 3.79. The molecule has 0 spiro atoms. The van der Waals surface area contributed by atoms with Crippen LogP contribution in [0.25, 0.3) is 0 Å². The number of hydrogen-bond acceptors (Lipinski definition) is 4. The van der Waals surface area contributed by atoms with Crippen molar-refractivity contribution in [3.8, 4) is 0 Å². The van der Waals surface area contributed by atoms with Crippen LogP contribution in [0.15, 0.2) is 4.52 Å². The summed E-state index contributed by atoms with van der Waals surface area (Å²) in [5.74, 6) is 0.999. The van der Waals surface area contributed by atoms with Gasteiger partial charge in [0.05, 0.1) is 6.42 Å². The molecule has 0 bridgehead atoms. The van der Waals surface area contributed by atoms with Crippen LogP contribution >= 0.6 is 0 Å². The van der Waals surface area contributed by atoms with Crippen molar-refractivity contribution in [2.24, 2.45) is 5.41 Å². The molecule has 1 saturated carbocycles. The summed E-state index contributed by atoms with van der Waals surface area (Å²) in [6.07, 6.45) is 4.13. The lowest BCUT2D eigenvalue weighted by Gasteiger charge is -2.21. The van der Waals surface area contributed by atoms with E-state index in [9.17, 15) is 4.79 Å². The van der Waals surface area contributed by atoms with Crippen LogP contribution in [0.5, 0.6) is 0 Å². The van der Waals surface area contributed by atoms with Crippen LogP contribution in [0.4, 0.5) is 0 Å². The Morgan fingerprint density at radius 1 is 1.53 bits per heavy atom. The molecule has 0 aliphatic heterocycles. The highest BCUT2D eigenvalue weighted by atomic mass is 16.5. The van der Waals surface area contributed by atoms with E-state index in [-0.39, 0.29) is 11.8 Å². The first-order valence-corrected chi connectivity index (χ1v) is 6.00. The number of rotatable bonds is 5. The number of carboxylic acid groups (broad SMARTS) is 1. The molecule has 1 heterocycles. The average Bonchev–Trinajstić information content (AvgIpc) is 2.45. The highest BCUT2D eigenvalue weighted by Gasteiger charge is 2.28. The summed E-state index contributed by atoms with van der Waals surface area (Å²) in [5.41, 5.74) is -0.352. The number of hydrogen-bond donors (Lipinski definition) is 1. The molecule has 0 unspecified atom stereocenters. The molecular weight excluding hydrogens is 220 g/mol. The molecule has 1 N–H and O–H groups in total. The minimum Gasteiger partial charge on any atom is -0.481 e. The predicted octanol–water partition coefficient (Wildman–Crippen LogP) is 2.38. The second-order valence-corrected chi connectivity index (χ2v) is 5.59. The van der Waals surface area contributed by atoms with Gasteiger partial charge in [-0.15, -0.1) is 0 Å². The number of aromatic nitrogens is 2. The first-order chi connectivity index (χ1) is 7.96. The van der Waals surface area contributed by atoms with Crippen LogP contribution < -0.4 is 0 Å². The van der Waals surface area contributed by atoms with Gasteiger partial charge in [-0.2, -0.15) is 4.98 Å². The largest absolute Gasteiger partial charge is 0.481 e. The van der Waals surface area contributed by atoms with Crippen LogP contribution in [0.2, 0.25) is 0 Å². The fraction of sp³-hybridized carbons (Fsp3) is 0.750. The Morgan fingerprint density at radius 3 is 2.76 bits per heavy atom. The summed E-state index contributed by atoms with van der Waals surface area (Å²) in [6, 6.07) is 0. The molecule has 5 nitrogen and oxygen atoms in total. The van der Waals surface area contributed by atoms with Crippen molar-refractivity contribution >= 4 is 5.97 Å². The Hall–Kier alpha value is -1.39. The quantitative estimate of drug-likeness (QED) is 0.852. The average molecular weight is 238 g/mol. The summed E-state index contributed by atoms with van der Waals surface area (Å²) < 4.78 is 5.18. The van der Waals surface area contributed by atoms with E-state index in [1.807, 2.05) is 13.8 Å². The highest BCUT2D eigenvalue weighted by molar-refractivity contribution is 5.67. The summed E-state index contributed by atoms with van der Waals surface area (Å²) in [7, 11) is 0. The van der Waals surface area contributed by atoms with Gasteiger partial charge in [-0.05, 0) is 18.3 Å². The molecule has 1 aliphatic carbocycles. The van der Waals surface area contributed by atoms with Gasteiger partial charge in [0.2, 0.25) is 5.89 Å². The Labute approximate surface area is 100 Å². The van der Waals surface area contributed by atoms with E-state index in [0.717, 1.165) is 18.7 Å². The normalized spacial score (nSPS) is 16.8.